The van der Waals surface area contributed by atoms with Crippen LogP contribution in [0.15, 0.2) is 123 Å². The lowest BCUT2D eigenvalue weighted by Gasteiger charge is -2.15. The van der Waals surface area contributed by atoms with Gasteiger partial charge in [0.15, 0.2) is 29.3 Å². The molecule has 0 amide bonds. The zero-order valence-electron chi connectivity index (χ0n) is 29.6. The number of esters is 1. The number of aldehydes is 3. The lowest BCUT2D eigenvalue weighted by atomic mass is 9.96. The van der Waals surface area contributed by atoms with E-state index in [0.29, 0.717) is 64.6 Å². The van der Waals surface area contributed by atoms with E-state index in [1.807, 2.05) is 6.92 Å². The number of halogens is 3. The molecule has 0 aromatic heterocycles. The Bertz CT molecular complexity index is 1870. The number of rotatable bonds is 13. The van der Waals surface area contributed by atoms with Crippen LogP contribution in [0.3, 0.4) is 0 Å². The van der Waals surface area contributed by atoms with Gasteiger partial charge in [0.2, 0.25) is 0 Å². The first-order valence-electron chi connectivity index (χ1n) is 15.4. The van der Waals surface area contributed by atoms with E-state index in [-0.39, 0.29) is 22.8 Å². The highest BCUT2D eigenvalue weighted by atomic mass is 19.3. The van der Waals surface area contributed by atoms with Gasteiger partial charge in [-0.2, -0.15) is 8.78 Å². The Morgan fingerprint density at radius 2 is 1.08 bits per heavy atom. The predicted molar refractivity (Wildman–Crippen MR) is 198 cm³/mol. The van der Waals surface area contributed by atoms with Crippen molar-refractivity contribution in [3.63, 3.8) is 0 Å². The van der Waals surface area contributed by atoms with Crippen molar-refractivity contribution < 1.29 is 56.0 Å². The summed E-state index contributed by atoms with van der Waals surface area (Å²) in [6.07, 6.45) is 4.45. The van der Waals surface area contributed by atoms with Crippen LogP contribution in [0.4, 0.5) is 13.2 Å². The standard InChI is InChI=1S/C32H25F3O6.C3H6O.2C3H4O/c1-5-32(36)41-27-13-9-22(17-30(27)39-4)24-11-7-21(16-28(24)40-18-31(34)35)23-10-6-19(14-25(23)33)20-8-12-26(37-2)29(15-20)38-3;3*1-2-3-4/h5-18H,1H2,2-4H3;3H,2H2,1H3;2*2-3H,1H2. The molecule has 0 heterocycles. The van der Waals surface area contributed by atoms with Crippen LogP contribution in [0.2, 0.25) is 0 Å². The molecule has 278 valence electrons. The minimum atomic E-state index is -2.05. The van der Waals surface area contributed by atoms with Crippen molar-refractivity contribution >= 4 is 24.8 Å². The van der Waals surface area contributed by atoms with Crippen molar-refractivity contribution in [2.75, 3.05) is 21.3 Å². The second kappa shape index (κ2) is 24.5. The third-order valence-electron chi connectivity index (χ3n) is 6.46. The third kappa shape index (κ3) is 14.2. The number of methoxy groups -OCH3 is 3. The first-order chi connectivity index (χ1) is 25.5. The van der Waals surface area contributed by atoms with Crippen LogP contribution in [0, 0.1) is 5.82 Å². The molecule has 0 aliphatic rings. The maximum absolute atomic E-state index is 15.4. The van der Waals surface area contributed by atoms with Gasteiger partial charge >= 0.3 is 12.0 Å². The second-order valence-electron chi connectivity index (χ2n) is 9.81. The number of ether oxygens (including phenoxy) is 5. The lowest BCUT2D eigenvalue weighted by Crippen LogP contribution is -2.04. The molecule has 0 spiro atoms. The molecule has 0 bridgehead atoms. The maximum atomic E-state index is 15.4. The molecular weight excluding hydrogens is 693 g/mol. The van der Waals surface area contributed by atoms with Crippen LogP contribution in [-0.4, -0.2) is 46.2 Å². The number of benzene rings is 4. The fraction of sp³-hybridized carbons (Fsp3) is 0.122. The van der Waals surface area contributed by atoms with Crippen LogP contribution in [-0.2, 0) is 19.2 Å². The highest BCUT2D eigenvalue weighted by molar-refractivity contribution is 5.85. The van der Waals surface area contributed by atoms with Crippen molar-refractivity contribution in [3.8, 4) is 62.1 Å². The van der Waals surface area contributed by atoms with E-state index in [9.17, 15) is 18.4 Å². The zero-order chi connectivity index (χ0) is 39.8. The van der Waals surface area contributed by atoms with Crippen LogP contribution >= 0.6 is 0 Å². The molecule has 0 N–H and O–H groups in total. The molecule has 0 saturated heterocycles. The third-order valence-corrected chi connectivity index (χ3v) is 6.46. The summed E-state index contributed by atoms with van der Waals surface area (Å²) in [6, 6.07) is 19.3. The van der Waals surface area contributed by atoms with Crippen molar-refractivity contribution in [2.45, 2.75) is 13.3 Å². The molecule has 9 nitrogen and oxygen atoms in total. The molecule has 0 atom stereocenters. The summed E-state index contributed by atoms with van der Waals surface area (Å²) in [5, 5.41) is 0. The topological polar surface area (TPSA) is 114 Å². The number of allylic oxidation sites excluding steroid dienone is 2. The Morgan fingerprint density at radius 3 is 1.58 bits per heavy atom. The number of hydrogen-bond donors (Lipinski definition) is 0. The monoisotopic (exact) mass is 732 g/mol. The van der Waals surface area contributed by atoms with Crippen molar-refractivity contribution in [1.29, 1.82) is 0 Å². The van der Waals surface area contributed by atoms with Crippen LogP contribution in [0.5, 0.6) is 28.7 Å². The average molecular weight is 733 g/mol. The molecule has 0 fully saturated rings. The molecule has 0 aliphatic carbocycles. The first kappa shape index (κ1) is 44.3. The molecule has 0 unspecified atom stereocenters. The van der Waals surface area contributed by atoms with E-state index in [1.54, 1.807) is 54.6 Å². The van der Waals surface area contributed by atoms with Gasteiger partial charge < -0.3 is 28.5 Å². The molecule has 4 aromatic rings. The number of hydrogen-bond acceptors (Lipinski definition) is 9. The van der Waals surface area contributed by atoms with E-state index >= 15 is 4.39 Å². The van der Waals surface area contributed by atoms with E-state index in [2.05, 4.69) is 19.7 Å². The summed E-state index contributed by atoms with van der Waals surface area (Å²) < 4.78 is 67.7. The fourth-order valence-corrected chi connectivity index (χ4v) is 4.15. The van der Waals surface area contributed by atoms with Gasteiger partial charge in [0, 0.05) is 23.6 Å². The number of carbonyl (C=O) groups is 4. The summed E-state index contributed by atoms with van der Waals surface area (Å²) in [5.74, 6) is 0.249. The fourth-order valence-electron chi connectivity index (χ4n) is 4.15. The molecule has 0 aliphatic heterocycles. The number of carbonyl (C=O) groups excluding carboxylic acids is 4. The maximum Gasteiger partial charge on any atom is 0.335 e. The van der Waals surface area contributed by atoms with Crippen LogP contribution < -0.4 is 23.7 Å². The van der Waals surface area contributed by atoms with Gasteiger partial charge in [-0.3, -0.25) is 9.59 Å². The van der Waals surface area contributed by atoms with Crippen molar-refractivity contribution in [3.05, 3.63) is 129 Å². The van der Waals surface area contributed by atoms with Gasteiger partial charge in [-0.25, -0.2) is 9.18 Å². The van der Waals surface area contributed by atoms with E-state index in [1.165, 1.54) is 51.7 Å². The van der Waals surface area contributed by atoms with Crippen molar-refractivity contribution in [2.24, 2.45) is 0 Å². The summed E-state index contributed by atoms with van der Waals surface area (Å²) in [7, 11) is 4.43. The Balaban J connectivity index is 0.00000102. The Labute approximate surface area is 306 Å². The minimum absolute atomic E-state index is 0.0385. The molecule has 4 aromatic carbocycles. The first-order valence-corrected chi connectivity index (χ1v) is 15.4. The SMILES string of the molecule is C=CC(=O)Oc1ccc(-c2ccc(-c3ccc(-c4ccc(OC)c(OC)c4)cc3F)cc2OC=C(F)F)cc1OC.C=CC=O.C=CC=O.CCC=O. The minimum Gasteiger partial charge on any atom is -0.493 e. The van der Waals surface area contributed by atoms with Crippen LogP contribution in [0.1, 0.15) is 13.3 Å². The van der Waals surface area contributed by atoms with Gasteiger partial charge in [0.1, 0.15) is 30.4 Å². The van der Waals surface area contributed by atoms with Crippen LogP contribution in [0.25, 0.3) is 33.4 Å². The molecular formula is C41H39F3O9. The normalized spacial score (nSPS) is 9.26. The van der Waals surface area contributed by atoms with E-state index in [0.717, 1.165) is 12.4 Å². The van der Waals surface area contributed by atoms with Gasteiger partial charge in [-0.15, -0.1) is 0 Å². The van der Waals surface area contributed by atoms with Gasteiger partial charge in [-0.05, 0) is 70.8 Å². The summed E-state index contributed by atoms with van der Waals surface area (Å²) >= 11 is 0. The van der Waals surface area contributed by atoms with Gasteiger partial charge in [0.05, 0.1) is 21.3 Å². The quantitative estimate of drug-likeness (QED) is 0.0436. The second-order valence-corrected chi connectivity index (χ2v) is 9.81. The zero-order valence-corrected chi connectivity index (χ0v) is 29.6. The van der Waals surface area contributed by atoms with Gasteiger partial charge in [-0.1, -0.05) is 63.1 Å². The smallest absolute Gasteiger partial charge is 0.335 e. The highest BCUT2D eigenvalue weighted by Crippen LogP contribution is 2.40. The Kier molecular flexibility index (Phi) is 20.5. The molecule has 0 saturated carbocycles. The molecule has 53 heavy (non-hydrogen) atoms. The average Bonchev–Trinajstić information content (AvgIpc) is 3.19. The lowest BCUT2D eigenvalue weighted by molar-refractivity contribution is -0.129. The Hall–Kier alpha value is -6.69. The highest BCUT2D eigenvalue weighted by Gasteiger charge is 2.16. The largest absolute Gasteiger partial charge is 0.493 e. The summed E-state index contributed by atoms with van der Waals surface area (Å²) in [6.45, 7) is 11.4. The molecule has 4 rings (SSSR count). The van der Waals surface area contributed by atoms with Crippen molar-refractivity contribution in [1.82, 2.24) is 0 Å². The van der Waals surface area contributed by atoms with E-state index in [4.69, 9.17) is 33.3 Å². The predicted octanol–water partition coefficient (Wildman–Crippen LogP) is 9.40. The van der Waals surface area contributed by atoms with E-state index < -0.39 is 17.9 Å². The Morgan fingerprint density at radius 1 is 0.642 bits per heavy atom. The molecule has 0 radical (unpaired) electrons. The summed E-state index contributed by atoms with van der Waals surface area (Å²) in [4.78, 5) is 38.9. The molecule has 12 heteroatoms. The van der Waals surface area contributed by atoms with Gasteiger partial charge in [0.25, 0.3) is 0 Å². The summed E-state index contributed by atoms with van der Waals surface area (Å²) in [5.41, 5.74) is 2.88.